The van der Waals surface area contributed by atoms with E-state index in [1.807, 2.05) is 13.0 Å². The predicted octanol–water partition coefficient (Wildman–Crippen LogP) is 1.86. The highest BCUT2D eigenvalue weighted by Crippen LogP contribution is 2.26. The zero-order valence-electron chi connectivity index (χ0n) is 11.9. The van der Waals surface area contributed by atoms with Gasteiger partial charge in [-0.15, -0.1) is 0 Å². The Balaban J connectivity index is 1.79. The molecule has 1 unspecified atom stereocenters. The monoisotopic (exact) mass is 276 g/mol. The Labute approximate surface area is 118 Å². The third-order valence-corrected chi connectivity index (χ3v) is 3.81. The van der Waals surface area contributed by atoms with Crippen LogP contribution in [0, 0.1) is 0 Å². The van der Waals surface area contributed by atoms with Crippen molar-refractivity contribution in [2.24, 2.45) is 0 Å². The molecule has 0 amide bonds. The summed E-state index contributed by atoms with van der Waals surface area (Å²) in [5.41, 5.74) is 0.902. The van der Waals surface area contributed by atoms with Gasteiger partial charge in [0.05, 0.1) is 17.9 Å². The molecule has 1 aliphatic rings. The van der Waals surface area contributed by atoms with Crippen molar-refractivity contribution in [2.75, 3.05) is 26.2 Å². The Hall–Kier alpha value is -1.66. The van der Waals surface area contributed by atoms with Gasteiger partial charge in [-0.05, 0) is 13.0 Å². The van der Waals surface area contributed by atoms with E-state index < -0.39 is 0 Å². The zero-order valence-corrected chi connectivity index (χ0v) is 11.9. The minimum Gasteiger partial charge on any atom is -0.469 e. The molecule has 3 heterocycles. The summed E-state index contributed by atoms with van der Waals surface area (Å²) in [7, 11) is 0. The van der Waals surface area contributed by atoms with Gasteiger partial charge >= 0.3 is 0 Å². The average Bonchev–Trinajstić information content (AvgIpc) is 3.15. The maximum absolute atomic E-state index is 5.41. The van der Waals surface area contributed by atoms with Gasteiger partial charge in [-0.2, -0.15) is 4.98 Å². The number of nitrogens with one attached hydrogen (secondary N) is 1. The summed E-state index contributed by atoms with van der Waals surface area (Å²) in [6.45, 7) is 8.21. The van der Waals surface area contributed by atoms with Crippen molar-refractivity contribution in [3.05, 3.63) is 23.9 Å². The van der Waals surface area contributed by atoms with Gasteiger partial charge in [-0.25, -0.2) is 0 Å². The third-order valence-electron chi connectivity index (χ3n) is 3.81. The van der Waals surface area contributed by atoms with Crippen LogP contribution in [0.4, 0.5) is 0 Å². The van der Waals surface area contributed by atoms with Gasteiger partial charge in [0, 0.05) is 32.6 Å². The Morgan fingerprint density at radius 1 is 1.40 bits per heavy atom. The predicted molar refractivity (Wildman–Crippen MR) is 74.2 cm³/mol. The lowest BCUT2D eigenvalue weighted by molar-refractivity contribution is 0.176. The first-order valence-corrected chi connectivity index (χ1v) is 7.14. The summed E-state index contributed by atoms with van der Waals surface area (Å²) in [5.74, 6) is 2.17. The summed E-state index contributed by atoms with van der Waals surface area (Å²) in [5, 5.41) is 7.48. The molecule has 0 saturated carbocycles. The van der Waals surface area contributed by atoms with Gasteiger partial charge in [0.1, 0.15) is 5.76 Å². The number of aromatic nitrogens is 2. The van der Waals surface area contributed by atoms with Crippen molar-refractivity contribution in [3.63, 3.8) is 0 Å². The molecule has 0 aromatic carbocycles. The molecule has 2 aromatic rings. The van der Waals surface area contributed by atoms with Crippen molar-refractivity contribution < 1.29 is 8.94 Å². The molecule has 108 valence electrons. The van der Waals surface area contributed by atoms with E-state index in [0.717, 1.165) is 49.7 Å². The Kier molecular flexibility index (Phi) is 3.84. The highest BCUT2D eigenvalue weighted by atomic mass is 16.5. The molecule has 0 spiro atoms. The number of hydrogen-bond donors (Lipinski definition) is 1. The molecule has 1 N–H and O–H groups in total. The van der Waals surface area contributed by atoms with Crippen LogP contribution in [-0.2, 0) is 6.42 Å². The number of hydrogen-bond acceptors (Lipinski definition) is 6. The SMILES string of the molecule is CCc1occc1-c1nc(C(C)N2CCNCC2)no1. The second kappa shape index (κ2) is 5.76. The van der Waals surface area contributed by atoms with Crippen LogP contribution >= 0.6 is 0 Å². The first-order chi connectivity index (χ1) is 9.79. The number of rotatable bonds is 4. The summed E-state index contributed by atoms with van der Waals surface area (Å²) >= 11 is 0. The molecule has 20 heavy (non-hydrogen) atoms. The van der Waals surface area contributed by atoms with Gasteiger partial charge in [0.15, 0.2) is 5.82 Å². The van der Waals surface area contributed by atoms with E-state index in [-0.39, 0.29) is 6.04 Å². The van der Waals surface area contributed by atoms with Gasteiger partial charge in [0.2, 0.25) is 0 Å². The molecule has 0 aliphatic carbocycles. The van der Waals surface area contributed by atoms with Crippen molar-refractivity contribution >= 4 is 0 Å². The van der Waals surface area contributed by atoms with Crippen LogP contribution in [0.25, 0.3) is 11.5 Å². The second-order valence-electron chi connectivity index (χ2n) is 5.03. The van der Waals surface area contributed by atoms with Crippen LogP contribution < -0.4 is 5.32 Å². The number of piperazine rings is 1. The van der Waals surface area contributed by atoms with E-state index in [1.54, 1.807) is 6.26 Å². The fourth-order valence-electron chi connectivity index (χ4n) is 2.55. The van der Waals surface area contributed by atoms with Gasteiger partial charge in [-0.3, -0.25) is 4.90 Å². The lowest BCUT2D eigenvalue weighted by Crippen LogP contribution is -2.44. The van der Waals surface area contributed by atoms with Crippen LogP contribution in [0.1, 0.15) is 31.5 Å². The van der Waals surface area contributed by atoms with Crippen LogP contribution in [0.5, 0.6) is 0 Å². The quantitative estimate of drug-likeness (QED) is 0.919. The van der Waals surface area contributed by atoms with E-state index in [4.69, 9.17) is 8.94 Å². The lowest BCUT2D eigenvalue weighted by atomic mass is 10.2. The molecule has 2 aromatic heterocycles. The first kappa shape index (κ1) is 13.3. The first-order valence-electron chi connectivity index (χ1n) is 7.14. The van der Waals surface area contributed by atoms with E-state index in [1.165, 1.54) is 0 Å². The Bertz CT molecular complexity index is 557. The smallest absolute Gasteiger partial charge is 0.261 e. The van der Waals surface area contributed by atoms with E-state index in [9.17, 15) is 0 Å². The molecular weight excluding hydrogens is 256 g/mol. The second-order valence-corrected chi connectivity index (χ2v) is 5.03. The summed E-state index contributed by atoms with van der Waals surface area (Å²) in [6.07, 6.45) is 2.48. The number of furan rings is 1. The zero-order chi connectivity index (χ0) is 13.9. The molecule has 3 rings (SSSR count). The molecule has 6 nitrogen and oxygen atoms in total. The normalized spacial score (nSPS) is 18.3. The fourth-order valence-corrected chi connectivity index (χ4v) is 2.55. The van der Waals surface area contributed by atoms with Crippen LogP contribution in [-0.4, -0.2) is 41.2 Å². The third kappa shape index (κ3) is 2.48. The lowest BCUT2D eigenvalue weighted by Gasteiger charge is -2.30. The van der Waals surface area contributed by atoms with Gasteiger partial charge < -0.3 is 14.3 Å². The fraction of sp³-hybridized carbons (Fsp3) is 0.571. The molecule has 0 radical (unpaired) electrons. The summed E-state index contributed by atoms with van der Waals surface area (Å²) in [6, 6.07) is 2.05. The largest absolute Gasteiger partial charge is 0.469 e. The maximum Gasteiger partial charge on any atom is 0.261 e. The van der Waals surface area contributed by atoms with E-state index >= 15 is 0 Å². The average molecular weight is 276 g/mol. The maximum atomic E-state index is 5.41. The van der Waals surface area contributed by atoms with Crippen molar-refractivity contribution in [1.29, 1.82) is 0 Å². The van der Waals surface area contributed by atoms with Crippen molar-refractivity contribution in [2.45, 2.75) is 26.3 Å². The highest BCUT2D eigenvalue weighted by molar-refractivity contribution is 5.55. The molecule has 1 atom stereocenters. The van der Waals surface area contributed by atoms with Crippen LogP contribution in [0.2, 0.25) is 0 Å². The molecule has 1 aliphatic heterocycles. The highest BCUT2D eigenvalue weighted by Gasteiger charge is 2.23. The standard InChI is InChI=1S/C14H20N4O2/c1-3-12-11(4-9-19-12)14-16-13(17-20-14)10(2)18-7-5-15-6-8-18/h4,9-10,15H,3,5-8H2,1-2H3. The van der Waals surface area contributed by atoms with Crippen molar-refractivity contribution in [3.8, 4) is 11.5 Å². The molecule has 1 fully saturated rings. The molecule has 0 bridgehead atoms. The molecule has 6 heteroatoms. The van der Waals surface area contributed by atoms with Crippen LogP contribution in [0.15, 0.2) is 21.3 Å². The minimum atomic E-state index is 0.173. The topological polar surface area (TPSA) is 67.3 Å². The Morgan fingerprint density at radius 3 is 2.95 bits per heavy atom. The van der Waals surface area contributed by atoms with Gasteiger partial charge in [0.25, 0.3) is 5.89 Å². The number of nitrogens with zero attached hydrogens (tertiary/aromatic N) is 3. The number of aryl methyl sites for hydroxylation is 1. The van der Waals surface area contributed by atoms with Crippen molar-refractivity contribution in [1.82, 2.24) is 20.4 Å². The van der Waals surface area contributed by atoms with Crippen LogP contribution in [0.3, 0.4) is 0 Å². The summed E-state index contributed by atoms with van der Waals surface area (Å²) in [4.78, 5) is 6.90. The Morgan fingerprint density at radius 2 is 2.20 bits per heavy atom. The molecular formula is C14H20N4O2. The summed E-state index contributed by atoms with van der Waals surface area (Å²) < 4.78 is 10.8. The van der Waals surface area contributed by atoms with Gasteiger partial charge in [-0.1, -0.05) is 12.1 Å². The minimum absolute atomic E-state index is 0.173. The van der Waals surface area contributed by atoms with E-state index in [2.05, 4.69) is 27.3 Å². The van der Waals surface area contributed by atoms with E-state index in [0.29, 0.717) is 5.89 Å². The molecule has 1 saturated heterocycles.